The zero-order valence-corrected chi connectivity index (χ0v) is 26.4. The number of likely N-dealkylation sites (tertiary alicyclic amines) is 1. The van der Waals surface area contributed by atoms with Crippen molar-refractivity contribution in [3.63, 3.8) is 0 Å². The van der Waals surface area contributed by atoms with Gasteiger partial charge in [-0.25, -0.2) is 0 Å². The molecule has 0 spiro atoms. The average molecular weight is 607 g/mol. The van der Waals surface area contributed by atoms with Crippen LogP contribution in [0.5, 0.6) is 5.75 Å². The van der Waals surface area contributed by atoms with Crippen molar-refractivity contribution >= 4 is 36.1 Å². The molecule has 2 fully saturated rings. The predicted molar refractivity (Wildman–Crippen MR) is 171 cm³/mol. The second-order valence-electron chi connectivity index (χ2n) is 13.1. The molecule has 0 bridgehead atoms. The first-order chi connectivity index (χ1) is 20.7. The summed E-state index contributed by atoms with van der Waals surface area (Å²) in [6, 6.07) is 0.731. The van der Waals surface area contributed by atoms with Gasteiger partial charge in [-0.2, -0.15) is 0 Å². The SMILES string of the molecule is [B]=C1C(C(N)=O)=C(O)[C@@H](N(C)C)[C@@H]2CC3Cc4c(c(O)cc(CN(CC)CCN5CCCC5)c4N(C)C)C(O)=C3C(=O)[C@]12O. The van der Waals surface area contributed by atoms with Crippen molar-refractivity contribution < 1.29 is 30.0 Å². The fraction of sp³-hybridized carbons (Fsp3) is 0.594. The number of fused-ring (bicyclic) bond motifs is 3. The van der Waals surface area contributed by atoms with Crippen LogP contribution >= 0.6 is 0 Å². The number of rotatable bonds is 9. The minimum atomic E-state index is -2.39. The molecule has 4 aliphatic rings. The van der Waals surface area contributed by atoms with Crippen LogP contribution in [-0.4, -0.2) is 132 Å². The fourth-order valence-electron chi connectivity index (χ4n) is 8.02. The molecule has 1 heterocycles. The Morgan fingerprint density at radius 2 is 1.82 bits per heavy atom. The number of Topliss-reactive ketones (excluding diaryl/α,β-unsaturated/α-hetero) is 1. The minimum absolute atomic E-state index is 0.0459. The summed E-state index contributed by atoms with van der Waals surface area (Å²) in [6.07, 6.45) is 2.96. The number of amides is 1. The summed E-state index contributed by atoms with van der Waals surface area (Å²) in [4.78, 5) is 34.9. The predicted octanol–water partition coefficient (Wildman–Crippen LogP) is 0.720. The van der Waals surface area contributed by atoms with E-state index in [0.717, 1.165) is 49.5 Å². The van der Waals surface area contributed by atoms with Gasteiger partial charge in [-0.3, -0.25) is 0 Å². The number of carbonyl (C=O) groups excluding carboxylic acids is 2. The summed E-state index contributed by atoms with van der Waals surface area (Å²) in [7, 11) is 13.4. The number of phenolic OH excluding ortho intramolecular Hbond substituents is 1. The number of carbonyl (C=O) groups is 2. The van der Waals surface area contributed by atoms with Crippen LogP contribution in [-0.2, 0) is 22.6 Å². The summed E-state index contributed by atoms with van der Waals surface area (Å²) in [6.45, 7) is 7.68. The van der Waals surface area contributed by atoms with Crippen molar-refractivity contribution in [3.8, 4) is 5.75 Å². The first-order valence-corrected chi connectivity index (χ1v) is 15.5. The summed E-state index contributed by atoms with van der Waals surface area (Å²) < 4.78 is 0. The van der Waals surface area contributed by atoms with Crippen molar-refractivity contribution in [2.75, 3.05) is 65.8 Å². The molecule has 0 aromatic heterocycles. The van der Waals surface area contributed by atoms with Crippen LogP contribution in [0.15, 0.2) is 23.0 Å². The maximum absolute atomic E-state index is 14.2. The van der Waals surface area contributed by atoms with Gasteiger partial charge in [0.15, 0.2) is 0 Å². The number of phenols is 1. The van der Waals surface area contributed by atoms with Gasteiger partial charge in [0.2, 0.25) is 0 Å². The Hall–Kier alpha value is -3.19. The number of hydrogen-bond acceptors (Lipinski definition) is 10. The molecule has 12 heteroatoms. The third-order valence-corrected chi connectivity index (χ3v) is 10.1. The number of hydrogen-bond donors (Lipinski definition) is 5. The van der Waals surface area contributed by atoms with E-state index in [1.54, 1.807) is 25.1 Å². The van der Waals surface area contributed by atoms with Gasteiger partial charge in [-0.05, 0) is 25.9 Å². The molecule has 1 saturated carbocycles. The molecule has 5 rings (SSSR count). The Morgan fingerprint density at radius 1 is 1.16 bits per heavy atom. The van der Waals surface area contributed by atoms with Crippen LogP contribution < -0.4 is 10.6 Å². The first-order valence-electron chi connectivity index (χ1n) is 15.5. The summed E-state index contributed by atoms with van der Waals surface area (Å²) >= 11 is 0. The Balaban J connectivity index is 1.58. The number of nitrogens with two attached hydrogens (primary N) is 1. The van der Waals surface area contributed by atoms with E-state index in [4.69, 9.17) is 13.2 Å². The van der Waals surface area contributed by atoms with E-state index in [0.29, 0.717) is 13.0 Å². The molecule has 11 nitrogen and oxygen atoms in total. The van der Waals surface area contributed by atoms with Crippen molar-refractivity contribution in [3.05, 3.63) is 39.7 Å². The molecule has 1 amide bonds. The molecular formula is C32H45BN5O6. The van der Waals surface area contributed by atoms with E-state index >= 15 is 0 Å². The van der Waals surface area contributed by atoms with E-state index in [1.807, 2.05) is 19.0 Å². The number of aromatic hydroxyl groups is 1. The zero-order valence-electron chi connectivity index (χ0n) is 26.4. The molecule has 4 atom stereocenters. The molecule has 44 heavy (non-hydrogen) atoms. The number of aliphatic hydroxyl groups is 3. The molecule has 237 valence electrons. The Bertz CT molecular complexity index is 1450. The molecule has 1 aliphatic heterocycles. The molecule has 1 aromatic carbocycles. The molecule has 1 unspecified atom stereocenters. The summed E-state index contributed by atoms with van der Waals surface area (Å²) in [5.41, 5.74) is 4.74. The standard InChI is InChI=1S/C32H45BN5O6/c1-6-37(11-12-38-9-7-8-10-38)16-18-15-21(39)23-19(25(18)35(2)3)13-17-14-20-26(36(4)5)28(41)24(31(34)43)29(33)32(20,44)30(42)22(17)27(23)40/h15,17,20,26,39-41,44H,6-14,16H2,1-5H3,(H2,34,43)/t17?,20-,26-,32+/m0/s1. The molecule has 1 radical (unpaired) electrons. The molecule has 1 aromatic rings. The molecule has 1 saturated heterocycles. The van der Waals surface area contributed by atoms with E-state index in [2.05, 4.69) is 16.7 Å². The van der Waals surface area contributed by atoms with E-state index in [-0.39, 0.29) is 23.3 Å². The Kier molecular flexibility index (Phi) is 8.76. The van der Waals surface area contributed by atoms with Crippen LogP contribution in [0.3, 0.4) is 0 Å². The molecule has 3 aliphatic carbocycles. The number of primary amides is 1. The topological polar surface area (TPSA) is 154 Å². The molecule has 6 N–H and O–H groups in total. The average Bonchev–Trinajstić information content (AvgIpc) is 3.46. The van der Waals surface area contributed by atoms with Crippen LogP contribution in [0.25, 0.3) is 5.76 Å². The summed E-state index contributed by atoms with van der Waals surface area (Å²) in [5.74, 6) is -4.33. The van der Waals surface area contributed by atoms with E-state index in [1.165, 1.54) is 12.8 Å². The quantitative estimate of drug-likeness (QED) is 0.254. The number of anilines is 1. The van der Waals surface area contributed by atoms with Gasteiger partial charge in [0, 0.05) is 6.54 Å². The van der Waals surface area contributed by atoms with Gasteiger partial charge in [0.1, 0.15) is 0 Å². The number of ketones is 1. The Morgan fingerprint density at radius 3 is 2.39 bits per heavy atom. The fourth-order valence-corrected chi connectivity index (χ4v) is 8.02. The van der Waals surface area contributed by atoms with Crippen molar-refractivity contribution in [1.82, 2.24) is 14.7 Å². The van der Waals surface area contributed by atoms with Gasteiger partial charge in [0.05, 0.1) is 0 Å². The number of nitrogens with zero attached hydrogens (tertiary/aromatic N) is 4. The van der Waals surface area contributed by atoms with Gasteiger partial charge in [-0.1, -0.05) is 6.92 Å². The molecular weight excluding hydrogens is 561 g/mol. The number of likely N-dealkylation sites (N-methyl/N-ethyl adjacent to an activating group) is 2. The number of aliphatic hydroxyl groups excluding tert-OH is 2. The van der Waals surface area contributed by atoms with Crippen molar-refractivity contribution in [2.45, 2.75) is 50.8 Å². The second kappa shape index (κ2) is 12.0. The van der Waals surface area contributed by atoms with Crippen molar-refractivity contribution in [2.24, 2.45) is 17.6 Å². The number of benzene rings is 1. The zero-order chi connectivity index (χ0) is 32.2. The van der Waals surface area contributed by atoms with Gasteiger partial charge >= 0.3 is 216 Å². The first kappa shape index (κ1) is 32.2. The third kappa shape index (κ3) is 5.05. The summed E-state index contributed by atoms with van der Waals surface area (Å²) in [5, 5.41) is 46.1. The normalized spacial score (nSPS) is 27.2. The monoisotopic (exact) mass is 606 g/mol. The van der Waals surface area contributed by atoms with Gasteiger partial charge < -0.3 is 4.90 Å². The van der Waals surface area contributed by atoms with Crippen LogP contribution in [0, 0.1) is 11.8 Å². The van der Waals surface area contributed by atoms with Crippen LogP contribution in [0.4, 0.5) is 5.69 Å². The van der Waals surface area contributed by atoms with E-state index in [9.17, 15) is 30.0 Å². The second-order valence-corrected chi connectivity index (χ2v) is 13.1. The maximum atomic E-state index is 14.2. The van der Waals surface area contributed by atoms with Crippen LogP contribution in [0.2, 0.25) is 0 Å². The van der Waals surface area contributed by atoms with Crippen molar-refractivity contribution in [1.29, 1.82) is 0 Å². The van der Waals surface area contributed by atoms with Gasteiger partial charge in [0.25, 0.3) is 0 Å². The van der Waals surface area contributed by atoms with Gasteiger partial charge in [-0.15, -0.1) is 0 Å². The van der Waals surface area contributed by atoms with E-state index < -0.39 is 57.7 Å². The Labute approximate surface area is 260 Å². The van der Waals surface area contributed by atoms with Crippen LogP contribution in [0.1, 0.15) is 42.9 Å². The third-order valence-electron chi connectivity index (χ3n) is 10.1.